The maximum atomic E-state index is 11.6. The van der Waals surface area contributed by atoms with Crippen LogP contribution in [-0.4, -0.2) is 22.0 Å². The summed E-state index contributed by atoms with van der Waals surface area (Å²) in [5.41, 5.74) is 0.859. The van der Waals surface area contributed by atoms with Crippen molar-refractivity contribution in [3.63, 3.8) is 0 Å². The largest absolute Gasteiger partial charge is 0.475 e. The highest BCUT2D eigenvalue weighted by atomic mass is 16.4. The van der Waals surface area contributed by atoms with Gasteiger partial charge in [0.1, 0.15) is 5.76 Å². The van der Waals surface area contributed by atoms with Crippen LogP contribution in [0.2, 0.25) is 0 Å². The molecule has 0 aromatic carbocycles. The number of furan rings is 1. The zero-order chi connectivity index (χ0) is 13.7. The standard InChI is InChI=1S/C13H12N2O4/c16-12(7-9-3-5-14-6-4-9)15-8-10-1-2-11(19-10)13(17)18/h1-6H,7-8H2,(H,15,16)(H,17,18). The second kappa shape index (κ2) is 5.81. The minimum atomic E-state index is -1.13. The van der Waals surface area contributed by atoms with Crippen LogP contribution < -0.4 is 5.32 Å². The lowest BCUT2D eigenvalue weighted by molar-refractivity contribution is -0.120. The van der Waals surface area contributed by atoms with E-state index < -0.39 is 5.97 Å². The Balaban J connectivity index is 1.84. The van der Waals surface area contributed by atoms with Crippen molar-refractivity contribution in [3.8, 4) is 0 Å². The zero-order valence-electron chi connectivity index (χ0n) is 10.00. The predicted octanol–water partition coefficient (Wildman–Crippen LogP) is 1.23. The number of nitrogens with zero attached hydrogens (tertiary/aromatic N) is 1. The third-order valence-corrected chi connectivity index (χ3v) is 2.45. The fourth-order valence-corrected chi connectivity index (χ4v) is 1.52. The maximum Gasteiger partial charge on any atom is 0.371 e. The smallest absolute Gasteiger partial charge is 0.371 e. The number of rotatable bonds is 5. The topological polar surface area (TPSA) is 92.4 Å². The Labute approximate surface area is 109 Å². The molecule has 0 atom stereocenters. The minimum Gasteiger partial charge on any atom is -0.475 e. The van der Waals surface area contributed by atoms with E-state index >= 15 is 0 Å². The van der Waals surface area contributed by atoms with Crippen molar-refractivity contribution in [2.45, 2.75) is 13.0 Å². The second-order valence-corrected chi connectivity index (χ2v) is 3.88. The van der Waals surface area contributed by atoms with E-state index in [2.05, 4.69) is 10.3 Å². The van der Waals surface area contributed by atoms with E-state index in [9.17, 15) is 9.59 Å². The number of amides is 1. The van der Waals surface area contributed by atoms with Crippen LogP contribution in [-0.2, 0) is 17.8 Å². The molecule has 6 heteroatoms. The van der Waals surface area contributed by atoms with Crippen LogP contribution in [0.4, 0.5) is 0 Å². The average Bonchev–Trinajstić information content (AvgIpc) is 2.86. The highest BCUT2D eigenvalue weighted by Crippen LogP contribution is 2.07. The molecule has 2 heterocycles. The molecule has 0 unspecified atom stereocenters. The van der Waals surface area contributed by atoms with E-state index in [1.165, 1.54) is 12.1 Å². The predicted molar refractivity (Wildman–Crippen MR) is 65.5 cm³/mol. The number of carbonyl (C=O) groups is 2. The summed E-state index contributed by atoms with van der Waals surface area (Å²) in [5.74, 6) is -1.03. The molecule has 1 amide bonds. The fourth-order valence-electron chi connectivity index (χ4n) is 1.52. The maximum absolute atomic E-state index is 11.6. The molecule has 2 aromatic rings. The Kier molecular flexibility index (Phi) is 3.92. The molecule has 2 N–H and O–H groups in total. The van der Waals surface area contributed by atoms with Crippen LogP contribution in [0.25, 0.3) is 0 Å². The number of carboxylic acid groups (broad SMARTS) is 1. The van der Waals surface area contributed by atoms with Crippen molar-refractivity contribution in [2.24, 2.45) is 0 Å². The molecule has 0 aliphatic carbocycles. The molecule has 0 spiro atoms. The lowest BCUT2D eigenvalue weighted by Crippen LogP contribution is -2.24. The Hall–Kier alpha value is -2.63. The summed E-state index contributed by atoms with van der Waals surface area (Å²) in [5, 5.41) is 11.3. The molecule has 19 heavy (non-hydrogen) atoms. The Morgan fingerprint density at radius 1 is 1.21 bits per heavy atom. The molecular formula is C13H12N2O4. The summed E-state index contributed by atoms with van der Waals surface area (Å²) in [6.45, 7) is 0.164. The molecule has 0 saturated carbocycles. The minimum absolute atomic E-state index is 0.140. The van der Waals surface area contributed by atoms with Crippen LogP contribution in [0.3, 0.4) is 0 Å². The van der Waals surface area contributed by atoms with Gasteiger partial charge in [-0.05, 0) is 29.8 Å². The van der Waals surface area contributed by atoms with E-state index in [1.54, 1.807) is 24.5 Å². The first kappa shape index (κ1) is 12.8. The number of hydrogen-bond donors (Lipinski definition) is 2. The summed E-state index contributed by atoms with van der Waals surface area (Å²) in [6, 6.07) is 6.40. The van der Waals surface area contributed by atoms with Gasteiger partial charge in [0.25, 0.3) is 0 Å². The van der Waals surface area contributed by atoms with E-state index in [0.717, 1.165) is 5.56 Å². The molecule has 0 radical (unpaired) electrons. The summed E-state index contributed by atoms with van der Waals surface area (Å²) in [7, 11) is 0. The van der Waals surface area contributed by atoms with Gasteiger partial charge in [-0.25, -0.2) is 4.79 Å². The van der Waals surface area contributed by atoms with Crippen LogP contribution in [0.15, 0.2) is 41.1 Å². The number of nitrogens with one attached hydrogen (secondary N) is 1. The third kappa shape index (κ3) is 3.67. The van der Waals surface area contributed by atoms with Gasteiger partial charge in [-0.3, -0.25) is 9.78 Å². The summed E-state index contributed by atoms with van der Waals surface area (Å²) in [6.07, 6.45) is 3.48. The highest BCUT2D eigenvalue weighted by Gasteiger charge is 2.09. The average molecular weight is 260 g/mol. The lowest BCUT2D eigenvalue weighted by Gasteiger charge is -2.03. The molecule has 0 fully saturated rings. The molecule has 0 aliphatic rings. The first-order valence-electron chi connectivity index (χ1n) is 5.63. The van der Waals surface area contributed by atoms with E-state index in [1.807, 2.05) is 0 Å². The van der Waals surface area contributed by atoms with Crippen LogP contribution in [0, 0.1) is 0 Å². The van der Waals surface area contributed by atoms with Crippen LogP contribution >= 0.6 is 0 Å². The van der Waals surface area contributed by atoms with Gasteiger partial charge in [0, 0.05) is 12.4 Å². The fraction of sp³-hybridized carbons (Fsp3) is 0.154. The summed E-state index contributed by atoms with van der Waals surface area (Å²) < 4.78 is 5.02. The molecule has 2 aromatic heterocycles. The third-order valence-electron chi connectivity index (χ3n) is 2.45. The number of pyridine rings is 1. The molecule has 98 valence electrons. The Bertz CT molecular complexity index is 577. The van der Waals surface area contributed by atoms with Gasteiger partial charge in [0.2, 0.25) is 11.7 Å². The van der Waals surface area contributed by atoms with Gasteiger partial charge in [-0.15, -0.1) is 0 Å². The summed E-state index contributed by atoms with van der Waals surface area (Å²) >= 11 is 0. The van der Waals surface area contributed by atoms with Crippen molar-refractivity contribution in [3.05, 3.63) is 53.7 Å². The first-order valence-corrected chi connectivity index (χ1v) is 5.63. The second-order valence-electron chi connectivity index (χ2n) is 3.88. The number of hydrogen-bond acceptors (Lipinski definition) is 4. The molecule has 2 rings (SSSR count). The SMILES string of the molecule is O=C(Cc1ccncc1)NCc1ccc(C(=O)O)o1. The molecule has 0 aliphatic heterocycles. The van der Waals surface area contributed by atoms with Gasteiger partial charge >= 0.3 is 5.97 Å². The monoisotopic (exact) mass is 260 g/mol. The quantitative estimate of drug-likeness (QED) is 0.843. The molecular weight excluding hydrogens is 248 g/mol. The van der Waals surface area contributed by atoms with Gasteiger partial charge < -0.3 is 14.8 Å². The number of aromatic carboxylic acids is 1. The van der Waals surface area contributed by atoms with E-state index in [-0.39, 0.29) is 24.6 Å². The normalized spacial score (nSPS) is 10.1. The van der Waals surface area contributed by atoms with E-state index in [0.29, 0.717) is 5.76 Å². The first-order chi connectivity index (χ1) is 9.15. The lowest BCUT2D eigenvalue weighted by atomic mass is 10.2. The number of carbonyl (C=O) groups excluding carboxylic acids is 1. The van der Waals surface area contributed by atoms with Crippen LogP contribution in [0.1, 0.15) is 21.9 Å². The summed E-state index contributed by atoms with van der Waals surface area (Å²) in [4.78, 5) is 26.1. The van der Waals surface area contributed by atoms with E-state index in [4.69, 9.17) is 9.52 Å². The Morgan fingerprint density at radius 2 is 1.95 bits per heavy atom. The van der Waals surface area contributed by atoms with Gasteiger partial charge in [-0.1, -0.05) is 0 Å². The van der Waals surface area contributed by atoms with Crippen molar-refractivity contribution in [2.75, 3.05) is 0 Å². The van der Waals surface area contributed by atoms with Crippen molar-refractivity contribution in [1.82, 2.24) is 10.3 Å². The molecule has 0 saturated heterocycles. The van der Waals surface area contributed by atoms with Crippen LogP contribution in [0.5, 0.6) is 0 Å². The van der Waals surface area contributed by atoms with Crippen molar-refractivity contribution in [1.29, 1.82) is 0 Å². The van der Waals surface area contributed by atoms with Crippen molar-refractivity contribution < 1.29 is 19.1 Å². The zero-order valence-corrected chi connectivity index (χ0v) is 10.00. The molecule has 6 nitrogen and oxygen atoms in total. The number of aromatic nitrogens is 1. The van der Waals surface area contributed by atoms with Gasteiger partial charge in [0.05, 0.1) is 13.0 Å². The highest BCUT2D eigenvalue weighted by molar-refractivity contribution is 5.84. The molecule has 0 bridgehead atoms. The number of carboxylic acids is 1. The van der Waals surface area contributed by atoms with Gasteiger partial charge in [0.15, 0.2) is 0 Å². The van der Waals surface area contributed by atoms with Crippen molar-refractivity contribution >= 4 is 11.9 Å². The Morgan fingerprint density at radius 3 is 2.58 bits per heavy atom. The van der Waals surface area contributed by atoms with Gasteiger partial charge in [-0.2, -0.15) is 0 Å².